The minimum Gasteiger partial charge on any atom is -0.322 e. The van der Waals surface area contributed by atoms with Crippen LogP contribution in [0.3, 0.4) is 0 Å². The first-order chi connectivity index (χ1) is 15.5. The number of anilines is 2. The Labute approximate surface area is 185 Å². The monoisotopic (exact) mass is 422 g/mol. The van der Waals surface area contributed by atoms with Crippen LogP contribution in [0.25, 0.3) is 11.0 Å². The highest BCUT2D eigenvalue weighted by Gasteiger charge is 2.25. The third-order valence-electron chi connectivity index (χ3n) is 5.86. The van der Waals surface area contributed by atoms with Gasteiger partial charge < -0.3 is 10.2 Å². The van der Waals surface area contributed by atoms with Crippen LogP contribution in [0.4, 0.5) is 11.4 Å². The topological polar surface area (TPSA) is 75.2 Å². The van der Waals surface area contributed by atoms with Gasteiger partial charge in [0, 0.05) is 29.0 Å². The molecule has 6 heteroatoms. The molecule has 5 rings (SSSR count). The van der Waals surface area contributed by atoms with Crippen LogP contribution in [0.2, 0.25) is 0 Å². The number of carbonyl (C=O) groups is 2. The number of nitrogens with zero attached hydrogens (tertiary/aromatic N) is 3. The van der Waals surface area contributed by atoms with Gasteiger partial charge in [0.2, 0.25) is 0 Å². The lowest BCUT2D eigenvalue weighted by Gasteiger charge is -2.17. The molecule has 3 aromatic carbocycles. The lowest BCUT2D eigenvalue weighted by atomic mass is 10.1. The van der Waals surface area contributed by atoms with Crippen LogP contribution >= 0.6 is 0 Å². The van der Waals surface area contributed by atoms with Gasteiger partial charge in [-0.2, -0.15) is 0 Å². The van der Waals surface area contributed by atoms with Crippen LogP contribution in [0.1, 0.15) is 37.7 Å². The first kappa shape index (κ1) is 19.9. The minimum absolute atomic E-state index is 0.0356. The van der Waals surface area contributed by atoms with E-state index in [-0.39, 0.29) is 11.8 Å². The van der Waals surface area contributed by atoms with E-state index >= 15 is 0 Å². The second-order valence-corrected chi connectivity index (χ2v) is 7.96. The van der Waals surface area contributed by atoms with Gasteiger partial charge in [0.05, 0.1) is 22.4 Å². The van der Waals surface area contributed by atoms with Gasteiger partial charge in [-0.15, -0.1) is 0 Å². The summed E-state index contributed by atoms with van der Waals surface area (Å²) >= 11 is 0. The number of aromatic nitrogens is 2. The maximum atomic E-state index is 13.0. The summed E-state index contributed by atoms with van der Waals surface area (Å²) in [6.07, 6.45) is 0.866. The summed E-state index contributed by atoms with van der Waals surface area (Å²) in [6.45, 7) is 4.50. The van der Waals surface area contributed by atoms with Gasteiger partial charge in [-0.05, 0) is 74.4 Å². The third kappa shape index (κ3) is 3.60. The maximum absolute atomic E-state index is 13.0. The molecule has 1 N–H and O–H groups in total. The van der Waals surface area contributed by atoms with E-state index in [4.69, 9.17) is 0 Å². The highest BCUT2D eigenvalue weighted by molar-refractivity contribution is 6.08. The average Bonchev–Trinajstić information content (AvgIpc) is 3.24. The predicted octanol–water partition coefficient (Wildman–Crippen LogP) is 4.70. The molecule has 4 aromatic rings. The Bertz CT molecular complexity index is 1360. The third-order valence-corrected chi connectivity index (χ3v) is 5.86. The normalized spacial score (nSPS) is 12.6. The van der Waals surface area contributed by atoms with Crippen molar-refractivity contribution in [3.8, 4) is 0 Å². The predicted molar refractivity (Wildman–Crippen MR) is 125 cm³/mol. The molecule has 1 aliphatic rings. The van der Waals surface area contributed by atoms with Crippen molar-refractivity contribution >= 4 is 34.2 Å². The van der Waals surface area contributed by atoms with E-state index in [1.165, 1.54) is 5.56 Å². The molecule has 1 aromatic heterocycles. The average molecular weight is 422 g/mol. The summed E-state index contributed by atoms with van der Waals surface area (Å²) in [5, 5.41) is 2.89. The standard InChI is InChI=1S/C26H22N4O2/c1-16-17(2)28-23-15-20(9-12-22(23)27-16)25(31)29-21-10-7-19(8-11-21)26(32)30-14-13-18-5-3-4-6-24(18)30/h3-12,15H,13-14H2,1-2H3,(H,29,31). The van der Waals surface area contributed by atoms with Crippen LogP contribution in [0.5, 0.6) is 0 Å². The molecular weight excluding hydrogens is 400 g/mol. The zero-order valence-corrected chi connectivity index (χ0v) is 17.9. The molecule has 32 heavy (non-hydrogen) atoms. The first-order valence-electron chi connectivity index (χ1n) is 10.6. The van der Waals surface area contributed by atoms with Gasteiger partial charge in [-0.25, -0.2) is 9.97 Å². The van der Waals surface area contributed by atoms with Crippen LogP contribution < -0.4 is 10.2 Å². The van der Waals surface area contributed by atoms with Crippen molar-refractivity contribution in [2.75, 3.05) is 16.8 Å². The molecular formula is C26H22N4O2. The van der Waals surface area contributed by atoms with E-state index in [0.29, 0.717) is 28.9 Å². The highest BCUT2D eigenvalue weighted by atomic mass is 16.2. The molecule has 0 saturated heterocycles. The zero-order chi connectivity index (χ0) is 22.2. The first-order valence-corrected chi connectivity index (χ1v) is 10.6. The summed E-state index contributed by atoms with van der Waals surface area (Å²) in [5.41, 5.74) is 7.05. The van der Waals surface area contributed by atoms with Gasteiger partial charge in [0.15, 0.2) is 0 Å². The molecule has 0 atom stereocenters. The molecule has 0 bridgehead atoms. The lowest BCUT2D eigenvalue weighted by Crippen LogP contribution is -2.28. The van der Waals surface area contributed by atoms with E-state index in [0.717, 1.165) is 29.0 Å². The van der Waals surface area contributed by atoms with Crippen LogP contribution in [0, 0.1) is 13.8 Å². The van der Waals surface area contributed by atoms with Crippen LogP contribution in [-0.4, -0.2) is 28.3 Å². The van der Waals surface area contributed by atoms with Crippen molar-refractivity contribution < 1.29 is 9.59 Å². The lowest BCUT2D eigenvalue weighted by molar-refractivity contribution is 0.0988. The second-order valence-electron chi connectivity index (χ2n) is 7.96. The molecule has 0 radical (unpaired) electrons. The Balaban J connectivity index is 1.31. The second kappa shape index (κ2) is 7.89. The molecule has 0 spiro atoms. The molecule has 2 amide bonds. The number of hydrogen-bond donors (Lipinski definition) is 1. The number of carbonyl (C=O) groups excluding carboxylic acids is 2. The SMILES string of the molecule is Cc1nc2ccc(C(=O)Nc3ccc(C(=O)N4CCc5ccccc54)cc3)cc2nc1C. The van der Waals surface area contributed by atoms with Gasteiger partial charge >= 0.3 is 0 Å². The van der Waals surface area contributed by atoms with Gasteiger partial charge in [-0.1, -0.05) is 18.2 Å². The number of rotatable bonds is 3. The summed E-state index contributed by atoms with van der Waals surface area (Å²) < 4.78 is 0. The molecule has 158 valence electrons. The Kier molecular flexibility index (Phi) is 4.90. The Morgan fingerprint density at radius 2 is 1.53 bits per heavy atom. The number of fused-ring (bicyclic) bond motifs is 2. The van der Waals surface area contributed by atoms with Crippen molar-refractivity contribution in [3.05, 3.63) is 94.8 Å². The number of benzene rings is 3. The number of hydrogen-bond acceptors (Lipinski definition) is 4. The maximum Gasteiger partial charge on any atom is 0.258 e. The quantitative estimate of drug-likeness (QED) is 0.519. The van der Waals surface area contributed by atoms with Crippen molar-refractivity contribution in [2.24, 2.45) is 0 Å². The van der Waals surface area contributed by atoms with Crippen molar-refractivity contribution in [1.29, 1.82) is 0 Å². The van der Waals surface area contributed by atoms with Crippen molar-refractivity contribution in [2.45, 2.75) is 20.3 Å². The van der Waals surface area contributed by atoms with E-state index in [9.17, 15) is 9.59 Å². The highest BCUT2D eigenvalue weighted by Crippen LogP contribution is 2.29. The van der Waals surface area contributed by atoms with E-state index in [2.05, 4.69) is 21.4 Å². The number of para-hydroxylation sites is 1. The fourth-order valence-electron chi connectivity index (χ4n) is 3.98. The van der Waals surface area contributed by atoms with Gasteiger partial charge in [0.25, 0.3) is 11.8 Å². The summed E-state index contributed by atoms with van der Waals surface area (Å²) in [4.78, 5) is 36.5. The van der Waals surface area contributed by atoms with Crippen LogP contribution in [0.15, 0.2) is 66.7 Å². The van der Waals surface area contributed by atoms with E-state index < -0.39 is 0 Å². The van der Waals surface area contributed by atoms with Crippen molar-refractivity contribution in [1.82, 2.24) is 9.97 Å². The van der Waals surface area contributed by atoms with Gasteiger partial charge in [0.1, 0.15) is 0 Å². The molecule has 0 unspecified atom stereocenters. The minimum atomic E-state index is -0.237. The molecule has 0 saturated carbocycles. The number of nitrogens with one attached hydrogen (secondary N) is 1. The Hall–Kier alpha value is -4.06. The zero-order valence-electron chi connectivity index (χ0n) is 17.9. The molecule has 0 aliphatic carbocycles. The molecule has 0 fully saturated rings. The summed E-state index contributed by atoms with van der Waals surface area (Å²) in [6, 6.07) is 20.3. The summed E-state index contributed by atoms with van der Waals surface area (Å²) in [5.74, 6) is -0.272. The number of aryl methyl sites for hydroxylation is 2. The van der Waals surface area contributed by atoms with E-state index in [1.54, 1.807) is 42.5 Å². The van der Waals surface area contributed by atoms with Crippen molar-refractivity contribution in [3.63, 3.8) is 0 Å². The molecule has 1 aliphatic heterocycles. The summed E-state index contributed by atoms with van der Waals surface area (Å²) in [7, 11) is 0. The fraction of sp³-hybridized carbons (Fsp3) is 0.154. The molecule has 2 heterocycles. The largest absolute Gasteiger partial charge is 0.322 e. The van der Waals surface area contributed by atoms with Gasteiger partial charge in [-0.3, -0.25) is 9.59 Å². The van der Waals surface area contributed by atoms with E-state index in [1.807, 2.05) is 36.9 Å². The smallest absolute Gasteiger partial charge is 0.258 e. The fourth-order valence-corrected chi connectivity index (χ4v) is 3.98. The number of amides is 2. The Morgan fingerprint density at radius 3 is 2.31 bits per heavy atom. The Morgan fingerprint density at radius 1 is 0.844 bits per heavy atom. The van der Waals surface area contributed by atoms with Crippen LogP contribution in [-0.2, 0) is 6.42 Å². The molecule has 6 nitrogen and oxygen atoms in total.